The highest BCUT2D eigenvalue weighted by Gasteiger charge is 2.22. The van der Waals surface area contributed by atoms with E-state index in [0.29, 0.717) is 22.2 Å². The maximum absolute atomic E-state index is 13.5. The highest BCUT2D eigenvalue weighted by atomic mass is 79.9. The normalized spacial score (nSPS) is 11.1. The first-order valence-electron chi connectivity index (χ1n) is 9.40. The van der Waals surface area contributed by atoms with Gasteiger partial charge in [-0.05, 0) is 54.1 Å². The van der Waals surface area contributed by atoms with Crippen LogP contribution in [-0.2, 0) is 0 Å². The first-order chi connectivity index (χ1) is 15.5. The maximum Gasteiger partial charge on any atom is 0.280 e. The third kappa shape index (κ3) is 4.85. The van der Waals surface area contributed by atoms with Crippen molar-refractivity contribution in [2.45, 2.75) is 0 Å². The summed E-state index contributed by atoms with van der Waals surface area (Å²) in [7, 11) is 3.08. The molecule has 0 spiro atoms. The Hall–Kier alpha value is -2.75. The molecule has 0 N–H and O–H groups in total. The summed E-state index contributed by atoms with van der Waals surface area (Å²) in [6, 6.07) is 18.4. The number of hydrogen-bond donors (Lipinski definition) is 0. The van der Waals surface area contributed by atoms with Crippen LogP contribution in [0.1, 0.15) is 15.9 Å². The Morgan fingerprint density at radius 1 is 0.969 bits per heavy atom. The molecule has 0 radical (unpaired) electrons. The van der Waals surface area contributed by atoms with Crippen LogP contribution in [0.2, 0.25) is 0 Å². The summed E-state index contributed by atoms with van der Waals surface area (Å²) in [6.45, 7) is 0. The van der Waals surface area contributed by atoms with Gasteiger partial charge < -0.3 is 9.47 Å². The molecule has 4 rings (SSSR count). The van der Waals surface area contributed by atoms with Gasteiger partial charge in [0.05, 0.1) is 30.7 Å². The van der Waals surface area contributed by atoms with E-state index in [-0.39, 0.29) is 5.91 Å². The summed E-state index contributed by atoms with van der Waals surface area (Å²) in [6.07, 6.45) is 1.63. The average Bonchev–Trinajstić information content (AvgIpc) is 3.22. The highest BCUT2D eigenvalue weighted by Crippen LogP contribution is 2.33. The van der Waals surface area contributed by atoms with Crippen LogP contribution in [0.15, 0.2) is 74.7 Å². The molecule has 0 aliphatic heterocycles. The number of amides is 1. The summed E-state index contributed by atoms with van der Waals surface area (Å²) in [5, 5.41) is 6.27. The lowest BCUT2D eigenvalue weighted by atomic mass is 10.2. The van der Waals surface area contributed by atoms with Gasteiger partial charge in [0.25, 0.3) is 5.91 Å². The van der Waals surface area contributed by atoms with E-state index in [9.17, 15) is 4.79 Å². The lowest BCUT2D eigenvalue weighted by molar-refractivity contribution is 0.0987. The maximum atomic E-state index is 13.5. The smallest absolute Gasteiger partial charge is 0.280 e. The molecule has 0 saturated heterocycles. The molecule has 9 heteroatoms. The van der Waals surface area contributed by atoms with Crippen LogP contribution in [0.5, 0.6) is 11.5 Å². The summed E-state index contributed by atoms with van der Waals surface area (Å²) in [5.74, 6) is 0.666. The lowest BCUT2D eigenvalue weighted by Crippen LogP contribution is -2.25. The number of carbonyl (C=O) groups excluding carboxylic acids is 1. The molecule has 0 unspecified atom stereocenters. The molecule has 0 bridgehead atoms. The van der Waals surface area contributed by atoms with Gasteiger partial charge in [-0.3, -0.25) is 4.79 Å². The molecule has 4 aromatic rings. The van der Waals surface area contributed by atoms with Crippen molar-refractivity contribution in [2.75, 3.05) is 19.2 Å². The number of rotatable bonds is 6. The molecule has 1 amide bonds. The summed E-state index contributed by atoms with van der Waals surface area (Å²) in [4.78, 5) is 18.1. The van der Waals surface area contributed by atoms with Gasteiger partial charge in [-0.15, -0.1) is 0 Å². The van der Waals surface area contributed by atoms with Gasteiger partial charge in [-0.2, -0.15) is 10.1 Å². The van der Waals surface area contributed by atoms with Gasteiger partial charge in [0, 0.05) is 14.5 Å². The number of benzene rings is 3. The Bertz CT molecular complexity index is 1310. The van der Waals surface area contributed by atoms with Gasteiger partial charge in [0.1, 0.15) is 0 Å². The largest absolute Gasteiger partial charge is 0.493 e. The number of fused-ring (bicyclic) bond motifs is 1. The molecule has 162 valence electrons. The second-order valence-electron chi connectivity index (χ2n) is 6.59. The van der Waals surface area contributed by atoms with Gasteiger partial charge in [-0.1, -0.05) is 55.3 Å². The molecule has 0 aliphatic carbocycles. The first-order valence-corrected chi connectivity index (χ1v) is 11.8. The van der Waals surface area contributed by atoms with Gasteiger partial charge in [-0.25, -0.2) is 4.98 Å². The minimum Gasteiger partial charge on any atom is -0.493 e. The Morgan fingerprint density at radius 3 is 2.41 bits per heavy atom. The van der Waals surface area contributed by atoms with E-state index in [4.69, 9.17) is 9.47 Å². The number of nitrogens with zero attached hydrogens (tertiary/aromatic N) is 3. The highest BCUT2D eigenvalue weighted by molar-refractivity contribution is 9.10. The number of anilines is 1. The summed E-state index contributed by atoms with van der Waals surface area (Å²) in [5.41, 5.74) is 2.04. The number of hydrogen-bond acceptors (Lipinski definition) is 6. The van der Waals surface area contributed by atoms with Crippen molar-refractivity contribution in [3.63, 3.8) is 0 Å². The molecular weight excluding hydrogens is 558 g/mol. The first kappa shape index (κ1) is 22.4. The Labute approximate surface area is 205 Å². The van der Waals surface area contributed by atoms with E-state index in [1.54, 1.807) is 31.5 Å². The van der Waals surface area contributed by atoms with Gasteiger partial charge in [0.2, 0.25) is 5.13 Å². The third-order valence-electron chi connectivity index (χ3n) is 4.54. The van der Waals surface area contributed by atoms with Crippen LogP contribution >= 0.6 is 43.2 Å². The van der Waals surface area contributed by atoms with Crippen LogP contribution in [0.25, 0.3) is 10.2 Å². The second-order valence-corrected chi connectivity index (χ2v) is 9.43. The van der Waals surface area contributed by atoms with Gasteiger partial charge in [0.15, 0.2) is 11.5 Å². The van der Waals surface area contributed by atoms with Crippen molar-refractivity contribution < 1.29 is 14.3 Å². The van der Waals surface area contributed by atoms with Crippen molar-refractivity contribution in [1.82, 2.24) is 4.98 Å². The fourth-order valence-corrected chi connectivity index (χ4v) is 4.67. The fourth-order valence-electron chi connectivity index (χ4n) is 2.93. The molecule has 1 heterocycles. The van der Waals surface area contributed by atoms with Crippen LogP contribution in [0, 0.1) is 0 Å². The average molecular weight is 575 g/mol. The summed E-state index contributed by atoms with van der Waals surface area (Å²) < 4.78 is 13.5. The van der Waals surface area contributed by atoms with E-state index >= 15 is 0 Å². The molecule has 3 aromatic carbocycles. The van der Waals surface area contributed by atoms with Crippen LogP contribution in [-0.4, -0.2) is 31.3 Å². The Balaban J connectivity index is 1.77. The number of carbonyl (C=O) groups is 1. The van der Waals surface area contributed by atoms with E-state index in [0.717, 1.165) is 24.7 Å². The quantitative estimate of drug-likeness (QED) is 0.194. The lowest BCUT2D eigenvalue weighted by Gasteiger charge is -2.15. The van der Waals surface area contributed by atoms with Crippen LogP contribution < -0.4 is 14.5 Å². The molecule has 0 atom stereocenters. The molecule has 6 nitrogen and oxygen atoms in total. The number of aromatic nitrogens is 1. The monoisotopic (exact) mass is 573 g/mol. The molecule has 32 heavy (non-hydrogen) atoms. The minimum absolute atomic E-state index is 0.336. The second kappa shape index (κ2) is 9.81. The number of hydrazone groups is 1. The molecule has 0 fully saturated rings. The van der Waals surface area contributed by atoms with E-state index in [1.807, 2.05) is 42.5 Å². The number of ether oxygens (including phenoxy) is 2. The number of halogens is 2. The van der Waals surface area contributed by atoms with Crippen molar-refractivity contribution in [2.24, 2.45) is 5.10 Å². The molecule has 0 aliphatic rings. The van der Waals surface area contributed by atoms with Crippen LogP contribution in [0.3, 0.4) is 0 Å². The third-order valence-corrected chi connectivity index (χ3v) is 6.55. The standard InChI is InChI=1S/C23H17Br2N3O3S/c1-30-19-10-5-15(11-20(19)31-2)22(29)28(26-13-14-3-6-16(24)7-4-14)23-27-18-9-8-17(25)12-21(18)32-23/h3-13H,1-2H3/b26-13+. The van der Waals surface area contributed by atoms with Crippen molar-refractivity contribution in [3.05, 3.63) is 80.7 Å². The van der Waals surface area contributed by atoms with Crippen molar-refractivity contribution in [3.8, 4) is 11.5 Å². The van der Waals surface area contributed by atoms with Crippen molar-refractivity contribution >= 4 is 70.7 Å². The SMILES string of the molecule is COc1ccc(C(=O)N(/N=C/c2ccc(Br)cc2)c2nc3ccc(Br)cc3s2)cc1OC. The zero-order valence-corrected chi connectivity index (χ0v) is 21.1. The Morgan fingerprint density at radius 2 is 1.69 bits per heavy atom. The topological polar surface area (TPSA) is 64.0 Å². The molecule has 0 saturated carbocycles. The Kier molecular flexibility index (Phi) is 6.88. The molecular formula is C23H17Br2N3O3S. The van der Waals surface area contributed by atoms with Crippen LogP contribution in [0.4, 0.5) is 5.13 Å². The van der Waals surface area contributed by atoms with E-state index < -0.39 is 0 Å². The predicted molar refractivity (Wildman–Crippen MR) is 135 cm³/mol. The zero-order chi connectivity index (χ0) is 22.7. The molecule has 1 aromatic heterocycles. The fraction of sp³-hybridized carbons (Fsp3) is 0.0870. The zero-order valence-electron chi connectivity index (χ0n) is 17.1. The van der Waals surface area contributed by atoms with E-state index in [2.05, 4.69) is 41.9 Å². The van der Waals surface area contributed by atoms with Crippen molar-refractivity contribution in [1.29, 1.82) is 0 Å². The number of thiazole rings is 1. The van der Waals surface area contributed by atoms with E-state index in [1.165, 1.54) is 23.5 Å². The van der Waals surface area contributed by atoms with Gasteiger partial charge >= 0.3 is 0 Å². The number of methoxy groups -OCH3 is 2. The summed E-state index contributed by atoms with van der Waals surface area (Å²) >= 11 is 8.29. The predicted octanol–water partition coefficient (Wildman–Crippen LogP) is 6.52. The minimum atomic E-state index is -0.336.